The van der Waals surface area contributed by atoms with Crippen LogP contribution in [0.25, 0.3) is 0 Å². The zero-order chi connectivity index (χ0) is 21.4. The molecule has 1 amide bonds. The monoisotopic (exact) mass is 385 g/mol. The molecule has 0 aliphatic heterocycles. The lowest BCUT2D eigenvalue weighted by Gasteiger charge is -2.27. The summed E-state index contributed by atoms with van der Waals surface area (Å²) in [7, 11) is 0. The Labute approximate surface area is 163 Å². The number of carbonyl (C=O) groups excluding carboxylic acids is 3. The van der Waals surface area contributed by atoms with Crippen LogP contribution < -0.4 is 16.8 Å². The Hall–Kier alpha value is -1.31. The molecule has 7 nitrogen and oxygen atoms in total. The molecular formula is C20H39N3O4. The van der Waals surface area contributed by atoms with Gasteiger partial charge in [0, 0.05) is 24.8 Å². The molecule has 0 rings (SSSR count). The van der Waals surface area contributed by atoms with Crippen LogP contribution in [0.2, 0.25) is 0 Å². The van der Waals surface area contributed by atoms with Crippen LogP contribution in [0.5, 0.6) is 0 Å². The molecular weight excluding hydrogens is 346 g/mol. The fourth-order valence-electron chi connectivity index (χ4n) is 3.07. The number of carbonyl (C=O) groups is 3. The maximum Gasteiger partial charge on any atom is 0.226 e. The molecule has 0 aromatic carbocycles. The van der Waals surface area contributed by atoms with E-state index < -0.39 is 24.0 Å². The van der Waals surface area contributed by atoms with Crippen LogP contribution in [0.4, 0.5) is 0 Å². The first-order valence-corrected chi connectivity index (χ1v) is 9.79. The van der Waals surface area contributed by atoms with E-state index in [2.05, 4.69) is 5.32 Å². The highest BCUT2D eigenvalue weighted by Crippen LogP contribution is 2.26. The second kappa shape index (κ2) is 11.5. The number of rotatable bonds is 12. The lowest BCUT2D eigenvalue weighted by atomic mass is 9.80. The van der Waals surface area contributed by atoms with Gasteiger partial charge in [-0.3, -0.25) is 14.4 Å². The summed E-state index contributed by atoms with van der Waals surface area (Å²) in [6, 6.07) is -0.710. The van der Waals surface area contributed by atoms with E-state index in [9.17, 15) is 19.5 Å². The molecule has 0 saturated heterocycles. The SMILES string of the molecule is CC(C)C(=O)[C@H](CCN)NC(=O)[C@@H](CC(=O)[C@H](CN)CC(C)(C)C)[C@H](C)O. The Morgan fingerprint density at radius 2 is 1.63 bits per heavy atom. The quantitative estimate of drug-likeness (QED) is 0.396. The summed E-state index contributed by atoms with van der Waals surface area (Å²) in [4.78, 5) is 37.6. The molecule has 0 aromatic heterocycles. The van der Waals surface area contributed by atoms with Gasteiger partial charge in [0.2, 0.25) is 5.91 Å². The van der Waals surface area contributed by atoms with Gasteiger partial charge in [-0.1, -0.05) is 34.6 Å². The minimum absolute atomic E-state index is 0.0712. The maximum atomic E-state index is 12.7. The summed E-state index contributed by atoms with van der Waals surface area (Å²) < 4.78 is 0. The molecule has 27 heavy (non-hydrogen) atoms. The Morgan fingerprint density at radius 3 is 2.00 bits per heavy atom. The Bertz CT molecular complexity index is 498. The van der Waals surface area contributed by atoms with E-state index in [1.807, 2.05) is 20.8 Å². The van der Waals surface area contributed by atoms with Crippen molar-refractivity contribution in [2.75, 3.05) is 13.1 Å². The zero-order valence-electron chi connectivity index (χ0n) is 17.7. The van der Waals surface area contributed by atoms with Crippen LogP contribution in [0.15, 0.2) is 0 Å². The van der Waals surface area contributed by atoms with Gasteiger partial charge in [0.15, 0.2) is 5.78 Å². The minimum Gasteiger partial charge on any atom is -0.393 e. The number of amides is 1. The molecule has 4 atom stereocenters. The van der Waals surface area contributed by atoms with Gasteiger partial charge in [-0.2, -0.15) is 0 Å². The second-order valence-electron chi connectivity index (χ2n) is 8.91. The molecule has 0 heterocycles. The van der Waals surface area contributed by atoms with E-state index in [1.165, 1.54) is 6.92 Å². The number of aliphatic hydroxyl groups is 1. The lowest BCUT2D eigenvalue weighted by Crippen LogP contribution is -2.48. The van der Waals surface area contributed by atoms with E-state index in [4.69, 9.17) is 11.5 Å². The van der Waals surface area contributed by atoms with Crippen molar-refractivity contribution in [3.63, 3.8) is 0 Å². The normalized spacial score (nSPS) is 16.5. The molecule has 0 unspecified atom stereocenters. The van der Waals surface area contributed by atoms with E-state index in [-0.39, 0.29) is 48.3 Å². The van der Waals surface area contributed by atoms with Gasteiger partial charge in [0.05, 0.1) is 18.1 Å². The highest BCUT2D eigenvalue weighted by atomic mass is 16.3. The number of ketones is 2. The van der Waals surface area contributed by atoms with Crippen molar-refractivity contribution in [2.24, 2.45) is 34.6 Å². The fraction of sp³-hybridized carbons (Fsp3) is 0.850. The molecule has 0 aromatic rings. The van der Waals surface area contributed by atoms with Crippen molar-refractivity contribution in [1.82, 2.24) is 5.32 Å². The lowest BCUT2D eigenvalue weighted by molar-refractivity contribution is -0.137. The Kier molecular flexibility index (Phi) is 11.0. The third kappa shape index (κ3) is 9.44. The molecule has 0 aliphatic rings. The van der Waals surface area contributed by atoms with Gasteiger partial charge in [-0.05, 0) is 31.7 Å². The van der Waals surface area contributed by atoms with Gasteiger partial charge in [0.25, 0.3) is 0 Å². The molecule has 0 radical (unpaired) electrons. The van der Waals surface area contributed by atoms with Gasteiger partial charge in [-0.25, -0.2) is 0 Å². The van der Waals surface area contributed by atoms with Crippen molar-refractivity contribution < 1.29 is 19.5 Å². The summed E-state index contributed by atoms with van der Waals surface area (Å²) in [6.07, 6.45) is -0.196. The maximum absolute atomic E-state index is 12.7. The average molecular weight is 386 g/mol. The summed E-state index contributed by atoms with van der Waals surface area (Å²) in [6.45, 7) is 11.5. The summed E-state index contributed by atoms with van der Waals surface area (Å²) in [5, 5.41) is 12.7. The smallest absolute Gasteiger partial charge is 0.226 e. The topological polar surface area (TPSA) is 136 Å². The molecule has 0 aliphatic carbocycles. The van der Waals surface area contributed by atoms with Gasteiger partial charge >= 0.3 is 0 Å². The van der Waals surface area contributed by atoms with Crippen LogP contribution in [0, 0.1) is 23.2 Å². The van der Waals surface area contributed by atoms with Crippen molar-refractivity contribution in [3.8, 4) is 0 Å². The predicted molar refractivity (Wildman–Crippen MR) is 107 cm³/mol. The molecule has 0 bridgehead atoms. The van der Waals surface area contributed by atoms with Crippen LogP contribution in [0.3, 0.4) is 0 Å². The molecule has 158 valence electrons. The fourth-order valence-corrected chi connectivity index (χ4v) is 3.07. The number of nitrogens with one attached hydrogen (secondary N) is 1. The van der Waals surface area contributed by atoms with Gasteiger partial charge in [-0.15, -0.1) is 0 Å². The van der Waals surface area contributed by atoms with E-state index in [0.717, 1.165) is 0 Å². The third-order valence-corrected chi connectivity index (χ3v) is 4.62. The summed E-state index contributed by atoms with van der Waals surface area (Å²) in [5.41, 5.74) is 11.2. The number of nitrogens with two attached hydrogens (primary N) is 2. The van der Waals surface area contributed by atoms with E-state index in [0.29, 0.717) is 12.8 Å². The number of Topliss-reactive ketones (excluding diaryl/α,β-unsaturated/α-hetero) is 2. The highest BCUT2D eigenvalue weighted by Gasteiger charge is 2.33. The molecule has 6 N–H and O–H groups in total. The van der Waals surface area contributed by atoms with Crippen LogP contribution >= 0.6 is 0 Å². The molecule has 0 fully saturated rings. The number of aliphatic hydroxyl groups excluding tert-OH is 1. The molecule has 7 heteroatoms. The Morgan fingerprint density at radius 1 is 1.07 bits per heavy atom. The molecule has 0 spiro atoms. The minimum atomic E-state index is -1.02. The van der Waals surface area contributed by atoms with Crippen molar-refractivity contribution in [2.45, 2.75) is 73.0 Å². The number of hydrogen-bond donors (Lipinski definition) is 4. The van der Waals surface area contributed by atoms with Crippen molar-refractivity contribution in [1.29, 1.82) is 0 Å². The van der Waals surface area contributed by atoms with Crippen molar-refractivity contribution in [3.05, 3.63) is 0 Å². The first-order chi connectivity index (χ1) is 12.3. The summed E-state index contributed by atoms with van der Waals surface area (Å²) >= 11 is 0. The standard InChI is InChI=1S/C20H39N3O4/c1-12(2)18(26)16(7-8-21)23-19(27)15(13(3)24)9-17(25)14(11-22)10-20(4,5)6/h12-16,24H,7-11,21-22H2,1-6H3,(H,23,27)/t13-,14-,15-,16-/m0/s1. The third-order valence-electron chi connectivity index (χ3n) is 4.62. The summed E-state index contributed by atoms with van der Waals surface area (Å²) in [5.74, 6) is -2.29. The largest absolute Gasteiger partial charge is 0.393 e. The van der Waals surface area contributed by atoms with Crippen LogP contribution in [0.1, 0.15) is 60.8 Å². The predicted octanol–water partition coefficient (Wildman–Crippen LogP) is 1.01. The number of hydrogen-bond acceptors (Lipinski definition) is 6. The Balaban J connectivity index is 5.21. The first-order valence-electron chi connectivity index (χ1n) is 9.79. The van der Waals surface area contributed by atoms with Crippen LogP contribution in [-0.2, 0) is 14.4 Å². The van der Waals surface area contributed by atoms with Gasteiger partial charge in [0.1, 0.15) is 5.78 Å². The average Bonchev–Trinajstić information content (AvgIpc) is 2.54. The van der Waals surface area contributed by atoms with Gasteiger partial charge < -0.3 is 21.9 Å². The zero-order valence-corrected chi connectivity index (χ0v) is 17.7. The molecule has 0 saturated carbocycles. The van der Waals surface area contributed by atoms with Crippen LogP contribution in [-0.4, -0.2) is 47.8 Å². The highest BCUT2D eigenvalue weighted by molar-refractivity contribution is 5.93. The van der Waals surface area contributed by atoms with E-state index in [1.54, 1.807) is 13.8 Å². The van der Waals surface area contributed by atoms with Crippen molar-refractivity contribution >= 4 is 17.5 Å². The second-order valence-corrected chi connectivity index (χ2v) is 8.91. The first kappa shape index (κ1) is 25.7. The van der Waals surface area contributed by atoms with E-state index >= 15 is 0 Å².